The summed E-state index contributed by atoms with van der Waals surface area (Å²) in [5.41, 5.74) is -0.573. The van der Waals surface area contributed by atoms with Crippen molar-refractivity contribution in [3.05, 3.63) is 86.2 Å². The van der Waals surface area contributed by atoms with E-state index in [1.54, 1.807) is 36.4 Å². The van der Waals surface area contributed by atoms with E-state index in [9.17, 15) is 9.59 Å². The molecule has 0 saturated heterocycles. The predicted octanol–water partition coefficient (Wildman–Crippen LogP) is 2.93. The summed E-state index contributed by atoms with van der Waals surface area (Å²) in [7, 11) is 0. The van der Waals surface area contributed by atoms with Gasteiger partial charge in [0.05, 0.1) is 23.2 Å². The van der Waals surface area contributed by atoms with Crippen molar-refractivity contribution in [2.75, 3.05) is 6.61 Å². The Morgan fingerprint density at radius 1 is 1.07 bits per heavy atom. The van der Waals surface area contributed by atoms with E-state index in [-0.39, 0.29) is 13.2 Å². The van der Waals surface area contributed by atoms with Crippen molar-refractivity contribution >= 4 is 11.6 Å². The molecule has 1 heterocycles. The minimum absolute atomic E-state index is 0.0285. The average Bonchev–Trinajstić information content (AvgIpc) is 2.67. The number of benzene rings is 2. The van der Waals surface area contributed by atoms with E-state index in [0.29, 0.717) is 27.8 Å². The Labute approximate surface area is 159 Å². The Bertz CT molecular complexity index is 1090. The van der Waals surface area contributed by atoms with Gasteiger partial charge in [0, 0.05) is 18.3 Å². The van der Waals surface area contributed by atoms with Crippen LogP contribution in [0.3, 0.4) is 0 Å². The Kier molecular flexibility index (Phi) is 5.59. The SMILES string of the molecule is N#Cc1ccc(Oc2ccccc2Cl)c(OCCn2c(=O)cc[nH]c2=O)c1. The van der Waals surface area contributed by atoms with Crippen LogP contribution in [0.25, 0.3) is 0 Å². The number of hydrogen-bond acceptors (Lipinski definition) is 5. The molecule has 3 rings (SSSR count). The molecule has 8 heteroatoms. The van der Waals surface area contributed by atoms with Crippen LogP contribution in [0.15, 0.2) is 64.3 Å². The molecule has 0 unspecified atom stereocenters. The molecule has 0 aliphatic rings. The second-order valence-corrected chi connectivity index (χ2v) is 5.83. The highest BCUT2D eigenvalue weighted by Crippen LogP contribution is 2.35. The molecule has 1 aromatic heterocycles. The zero-order valence-corrected chi connectivity index (χ0v) is 14.8. The van der Waals surface area contributed by atoms with Gasteiger partial charge in [-0.25, -0.2) is 4.79 Å². The molecule has 3 aromatic rings. The Balaban J connectivity index is 1.81. The smallest absolute Gasteiger partial charge is 0.328 e. The van der Waals surface area contributed by atoms with Crippen LogP contribution in [0.4, 0.5) is 0 Å². The first-order valence-electron chi connectivity index (χ1n) is 7.96. The van der Waals surface area contributed by atoms with Crippen LogP contribution in [-0.4, -0.2) is 16.2 Å². The molecule has 0 spiro atoms. The molecule has 2 aromatic carbocycles. The molecule has 0 fully saturated rings. The van der Waals surface area contributed by atoms with Gasteiger partial charge >= 0.3 is 5.69 Å². The number of nitrogens with one attached hydrogen (secondary N) is 1. The van der Waals surface area contributed by atoms with Crippen molar-refractivity contribution in [3.63, 3.8) is 0 Å². The lowest BCUT2D eigenvalue weighted by Gasteiger charge is -2.14. The summed E-state index contributed by atoms with van der Waals surface area (Å²) in [5, 5.41) is 9.53. The van der Waals surface area contributed by atoms with Gasteiger partial charge < -0.3 is 14.5 Å². The number of hydrogen-bond donors (Lipinski definition) is 1. The lowest BCUT2D eigenvalue weighted by atomic mass is 10.2. The van der Waals surface area contributed by atoms with Crippen LogP contribution < -0.4 is 20.7 Å². The van der Waals surface area contributed by atoms with Crippen LogP contribution in [0.1, 0.15) is 5.56 Å². The summed E-state index contributed by atoms with van der Waals surface area (Å²) in [6, 6.07) is 14.9. The summed E-state index contributed by atoms with van der Waals surface area (Å²) < 4.78 is 12.5. The van der Waals surface area contributed by atoms with E-state index in [1.807, 2.05) is 6.07 Å². The molecule has 0 aliphatic heterocycles. The second-order valence-electron chi connectivity index (χ2n) is 5.43. The van der Waals surface area contributed by atoms with E-state index >= 15 is 0 Å². The van der Waals surface area contributed by atoms with Crippen molar-refractivity contribution in [1.82, 2.24) is 9.55 Å². The van der Waals surface area contributed by atoms with Crippen LogP contribution in [0, 0.1) is 11.3 Å². The lowest BCUT2D eigenvalue weighted by molar-refractivity contribution is 0.281. The highest BCUT2D eigenvalue weighted by Gasteiger charge is 2.11. The molecule has 1 N–H and O–H groups in total. The number of nitrogens with zero attached hydrogens (tertiary/aromatic N) is 2. The second kappa shape index (κ2) is 8.25. The van der Waals surface area contributed by atoms with Gasteiger partial charge in [0.15, 0.2) is 11.5 Å². The Morgan fingerprint density at radius 3 is 2.63 bits per heavy atom. The van der Waals surface area contributed by atoms with Gasteiger partial charge in [-0.15, -0.1) is 0 Å². The fraction of sp³-hybridized carbons (Fsp3) is 0.105. The van der Waals surface area contributed by atoms with E-state index in [1.165, 1.54) is 18.3 Å². The van der Waals surface area contributed by atoms with E-state index in [0.717, 1.165) is 4.57 Å². The standard InChI is InChI=1S/C19H14ClN3O4/c20-14-3-1-2-4-15(14)27-16-6-5-13(12-21)11-17(16)26-10-9-23-18(24)7-8-22-19(23)25/h1-8,11H,9-10H2,(H,22,25). The number of rotatable bonds is 6. The zero-order valence-electron chi connectivity index (χ0n) is 14.0. The zero-order chi connectivity index (χ0) is 19.2. The van der Waals surface area contributed by atoms with E-state index < -0.39 is 11.2 Å². The summed E-state index contributed by atoms with van der Waals surface area (Å²) in [5.74, 6) is 1.09. The highest BCUT2D eigenvalue weighted by atomic mass is 35.5. The third-order valence-electron chi connectivity index (χ3n) is 3.65. The minimum Gasteiger partial charge on any atom is -0.488 e. The monoisotopic (exact) mass is 383 g/mol. The van der Waals surface area contributed by atoms with Gasteiger partial charge in [-0.2, -0.15) is 5.26 Å². The molecular weight excluding hydrogens is 370 g/mol. The molecular formula is C19H14ClN3O4. The van der Waals surface area contributed by atoms with E-state index in [4.69, 9.17) is 26.3 Å². The molecule has 0 aliphatic carbocycles. The first-order valence-corrected chi connectivity index (χ1v) is 8.34. The minimum atomic E-state index is -0.524. The normalized spacial score (nSPS) is 10.2. The fourth-order valence-electron chi connectivity index (χ4n) is 2.33. The lowest BCUT2D eigenvalue weighted by Crippen LogP contribution is -2.35. The number of aromatic amines is 1. The average molecular weight is 384 g/mol. The fourth-order valence-corrected chi connectivity index (χ4v) is 2.51. The van der Waals surface area contributed by atoms with Crippen LogP contribution in [0.5, 0.6) is 17.2 Å². The molecule has 0 amide bonds. The summed E-state index contributed by atoms with van der Waals surface area (Å²) in [4.78, 5) is 25.9. The summed E-state index contributed by atoms with van der Waals surface area (Å²) in [6.07, 6.45) is 1.29. The molecule has 27 heavy (non-hydrogen) atoms. The van der Waals surface area contributed by atoms with Crippen molar-refractivity contribution in [2.45, 2.75) is 6.54 Å². The van der Waals surface area contributed by atoms with Crippen molar-refractivity contribution < 1.29 is 9.47 Å². The van der Waals surface area contributed by atoms with Crippen LogP contribution in [0.2, 0.25) is 5.02 Å². The third-order valence-corrected chi connectivity index (χ3v) is 3.96. The summed E-state index contributed by atoms with van der Waals surface area (Å²) in [6.45, 7) is 0.0675. The number of nitriles is 1. The van der Waals surface area contributed by atoms with Gasteiger partial charge in [0.2, 0.25) is 0 Å². The maximum Gasteiger partial charge on any atom is 0.328 e. The largest absolute Gasteiger partial charge is 0.488 e. The third kappa shape index (κ3) is 4.37. The number of ether oxygens (including phenoxy) is 2. The maximum absolute atomic E-state index is 11.7. The topological polar surface area (TPSA) is 97.1 Å². The van der Waals surface area contributed by atoms with Crippen molar-refractivity contribution in [3.8, 4) is 23.3 Å². The first kappa shape index (κ1) is 18.3. The molecule has 7 nitrogen and oxygen atoms in total. The molecule has 0 atom stereocenters. The van der Waals surface area contributed by atoms with Crippen LogP contribution in [-0.2, 0) is 6.54 Å². The first-order chi connectivity index (χ1) is 13.1. The quantitative estimate of drug-likeness (QED) is 0.705. The summed E-state index contributed by atoms with van der Waals surface area (Å²) >= 11 is 6.11. The highest BCUT2D eigenvalue weighted by molar-refractivity contribution is 6.32. The predicted molar refractivity (Wildman–Crippen MR) is 99.5 cm³/mol. The Morgan fingerprint density at radius 2 is 1.89 bits per heavy atom. The van der Waals surface area contributed by atoms with Gasteiger partial charge in [0.1, 0.15) is 12.4 Å². The van der Waals surface area contributed by atoms with Gasteiger partial charge in [-0.3, -0.25) is 9.36 Å². The number of aromatic nitrogens is 2. The maximum atomic E-state index is 11.7. The van der Waals surface area contributed by atoms with E-state index in [2.05, 4.69) is 4.98 Å². The van der Waals surface area contributed by atoms with Crippen molar-refractivity contribution in [1.29, 1.82) is 5.26 Å². The molecule has 0 saturated carbocycles. The van der Waals surface area contributed by atoms with Gasteiger partial charge in [-0.1, -0.05) is 23.7 Å². The molecule has 136 valence electrons. The number of halogens is 1. The molecule has 0 radical (unpaired) electrons. The molecule has 0 bridgehead atoms. The number of para-hydroxylation sites is 1. The van der Waals surface area contributed by atoms with Gasteiger partial charge in [0.25, 0.3) is 5.56 Å². The van der Waals surface area contributed by atoms with Crippen molar-refractivity contribution in [2.24, 2.45) is 0 Å². The van der Waals surface area contributed by atoms with Gasteiger partial charge in [-0.05, 0) is 24.3 Å². The Hall–Kier alpha value is -3.50. The van der Waals surface area contributed by atoms with Crippen LogP contribution >= 0.6 is 11.6 Å². The number of H-pyrrole nitrogens is 1.